The summed E-state index contributed by atoms with van der Waals surface area (Å²) in [5.41, 5.74) is 5.08. The fourth-order valence-corrected chi connectivity index (χ4v) is 0.787. The summed E-state index contributed by atoms with van der Waals surface area (Å²) < 4.78 is 0. The van der Waals surface area contributed by atoms with Gasteiger partial charge in [0.05, 0.1) is 0 Å². The number of hydrogen-bond acceptors (Lipinski definition) is 1. The third-order valence-electron chi connectivity index (χ3n) is 1.19. The van der Waals surface area contributed by atoms with Crippen LogP contribution in [0.25, 0.3) is 0 Å². The first kappa shape index (κ1) is 10.0. The molecule has 2 amide bonds. The third-order valence-corrected chi connectivity index (χ3v) is 1.19. The van der Waals surface area contributed by atoms with E-state index in [4.69, 9.17) is 5.73 Å². The SMILES string of the molecule is [CH2]C(C)CN(CC=C)C(N)=O.[H+]. The lowest BCUT2D eigenvalue weighted by atomic mass is 10.2. The largest absolute Gasteiger partial charge is 1.00 e. The molecule has 0 rings (SSSR count). The maximum atomic E-state index is 10.7. The maximum Gasteiger partial charge on any atom is 1.00 e. The molecule has 3 nitrogen and oxygen atoms in total. The maximum absolute atomic E-state index is 10.7. The first-order chi connectivity index (χ1) is 5.07. The van der Waals surface area contributed by atoms with Crippen molar-refractivity contribution in [1.82, 2.24) is 4.90 Å². The molecule has 0 saturated heterocycles. The number of urea groups is 1. The van der Waals surface area contributed by atoms with Crippen molar-refractivity contribution in [3.63, 3.8) is 0 Å². The number of rotatable bonds is 4. The van der Waals surface area contributed by atoms with E-state index in [9.17, 15) is 4.79 Å². The van der Waals surface area contributed by atoms with Gasteiger partial charge in [0.25, 0.3) is 0 Å². The zero-order chi connectivity index (χ0) is 8.85. The molecule has 63 valence electrons. The molecule has 2 N–H and O–H groups in total. The highest BCUT2D eigenvalue weighted by Gasteiger charge is 2.08. The second kappa shape index (κ2) is 4.77. The fraction of sp³-hybridized carbons (Fsp3) is 0.500. The molecule has 0 aromatic carbocycles. The van der Waals surface area contributed by atoms with Gasteiger partial charge in [0, 0.05) is 13.1 Å². The smallest absolute Gasteiger partial charge is 0.351 e. The van der Waals surface area contributed by atoms with Gasteiger partial charge in [-0.25, -0.2) is 4.79 Å². The molecule has 1 atom stereocenters. The molecule has 1 radical (unpaired) electrons. The van der Waals surface area contributed by atoms with Crippen LogP contribution in [0.4, 0.5) is 4.79 Å². The fourth-order valence-electron chi connectivity index (χ4n) is 0.787. The molecule has 0 aliphatic carbocycles. The number of carbonyl (C=O) groups excluding carboxylic acids is 1. The van der Waals surface area contributed by atoms with Gasteiger partial charge in [-0.3, -0.25) is 0 Å². The Morgan fingerprint density at radius 1 is 1.91 bits per heavy atom. The quantitative estimate of drug-likeness (QED) is 0.609. The van der Waals surface area contributed by atoms with E-state index in [-0.39, 0.29) is 7.34 Å². The van der Waals surface area contributed by atoms with Crippen LogP contribution in [0.15, 0.2) is 12.7 Å². The average molecular weight is 156 g/mol. The number of hydrogen-bond donors (Lipinski definition) is 1. The summed E-state index contributed by atoms with van der Waals surface area (Å²) in [6, 6.07) is -0.416. The minimum atomic E-state index is -0.416. The van der Waals surface area contributed by atoms with E-state index >= 15 is 0 Å². The predicted octanol–water partition coefficient (Wildman–Crippen LogP) is 1.14. The number of nitrogens with two attached hydrogens (primary N) is 1. The molecule has 0 aromatic heterocycles. The molecule has 0 aromatic rings. The molecule has 0 aliphatic heterocycles. The molecular formula is C8H16N2O+. The van der Waals surface area contributed by atoms with Gasteiger partial charge in [0.1, 0.15) is 0 Å². The molecule has 0 bridgehead atoms. The van der Waals surface area contributed by atoms with Gasteiger partial charge in [-0.1, -0.05) is 13.0 Å². The van der Waals surface area contributed by atoms with Gasteiger partial charge in [0.15, 0.2) is 0 Å². The molecule has 0 spiro atoms. The molecule has 0 heterocycles. The molecular weight excluding hydrogens is 140 g/mol. The first-order valence-electron chi connectivity index (χ1n) is 3.56. The molecule has 0 fully saturated rings. The summed E-state index contributed by atoms with van der Waals surface area (Å²) in [5, 5.41) is 0. The summed E-state index contributed by atoms with van der Waals surface area (Å²) in [7, 11) is 0. The van der Waals surface area contributed by atoms with Gasteiger partial charge in [-0.15, -0.1) is 6.58 Å². The minimum absolute atomic E-state index is 0. The van der Waals surface area contributed by atoms with Crippen LogP contribution in [0.5, 0.6) is 0 Å². The van der Waals surface area contributed by atoms with Crippen molar-refractivity contribution in [3.8, 4) is 0 Å². The molecule has 3 heteroatoms. The van der Waals surface area contributed by atoms with Crippen molar-refractivity contribution in [1.29, 1.82) is 0 Å². The molecule has 11 heavy (non-hydrogen) atoms. The van der Waals surface area contributed by atoms with Gasteiger partial charge in [0.2, 0.25) is 0 Å². The van der Waals surface area contributed by atoms with Crippen LogP contribution < -0.4 is 5.73 Å². The van der Waals surface area contributed by atoms with E-state index in [2.05, 4.69) is 13.5 Å². The van der Waals surface area contributed by atoms with E-state index in [0.717, 1.165) is 0 Å². The van der Waals surface area contributed by atoms with E-state index in [0.29, 0.717) is 13.1 Å². The Balaban J connectivity index is 0. The van der Waals surface area contributed by atoms with Gasteiger partial charge < -0.3 is 10.6 Å². The van der Waals surface area contributed by atoms with E-state index in [1.165, 1.54) is 4.90 Å². The van der Waals surface area contributed by atoms with Crippen LogP contribution in [0.3, 0.4) is 0 Å². The van der Waals surface area contributed by atoms with Gasteiger partial charge in [-0.2, -0.15) is 0 Å². The van der Waals surface area contributed by atoms with Crippen molar-refractivity contribution in [2.24, 2.45) is 11.7 Å². The van der Waals surface area contributed by atoms with E-state index in [1.807, 2.05) is 6.92 Å². The van der Waals surface area contributed by atoms with Crippen LogP contribution in [-0.2, 0) is 0 Å². The Bertz CT molecular complexity index is 148. The van der Waals surface area contributed by atoms with Crippen LogP contribution in [0.2, 0.25) is 0 Å². The van der Waals surface area contributed by atoms with Crippen LogP contribution in [0.1, 0.15) is 8.35 Å². The van der Waals surface area contributed by atoms with Crippen LogP contribution in [0, 0.1) is 12.8 Å². The number of amides is 2. The van der Waals surface area contributed by atoms with Crippen molar-refractivity contribution < 1.29 is 6.22 Å². The lowest BCUT2D eigenvalue weighted by molar-refractivity contribution is 0.208. The van der Waals surface area contributed by atoms with Crippen LogP contribution >= 0.6 is 0 Å². The number of carbonyl (C=O) groups is 1. The summed E-state index contributed by atoms with van der Waals surface area (Å²) >= 11 is 0. The van der Waals surface area contributed by atoms with Crippen molar-refractivity contribution >= 4 is 6.03 Å². The zero-order valence-corrected chi connectivity index (χ0v) is 6.92. The standard InChI is InChI=1S/C8H15N2O/c1-4-5-10(8(9)11)6-7(2)3/h4,7H,1-2,5-6H2,3H3,(H2,9,11)/p+1. The highest BCUT2D eigenvalue weighted by Crippen LogP contribution is 1.97. The summed E-state index contributed by atoms with van der Waals surface area (Å²) in [4.78, 5) is 12.2. The third kappa shape index (κ3) is 4.42. The Morgan fingerprint density at radius 3 is 2.73 bits per heavy atom. The first-order valence-corrected chi connectivity index (χ1v) is 3.56. The lowest BCUT2D eigenvalue weighted by Crippen LogP contribution is -2.38. The second-order valence-electron chi connectivity index (χ2n) is 2.64. The Kier molecular flexibility index (Phi) is 4.34. The van der Waals surface area contributed by atoms with E-state index < -0.39 is 6.03 Å². The Hall–Kier alpha value is -0.990. The number of nitrogens with zero attached hydrogens (tertiary/aromatic N) is 1. The minimum Gasteiger partial charge on any atom is -0.351 e. The lowest BCUT2D eigenvalue weighted by Gasteiger charge is -2.20. The molecule has 0 saturated carbocycles. The monoisotopic (exact) mass is 156 g/mol. The number of primary amides is 1. The predicted molar refractivity (Wildman–Crippen MR) is 47.0 cm³/mol. The van der Waals surface area contributed by atoms with Crippen molar-refractivity contribution in [2.75, 3.05) is 13.1 Å². The highest BCUT2D eigenvalue weighted by molar-refractivity contribution is 5.72. The second-order valence-corrected chi connectivity index (χ2v) is 2.64. The highest BCUT2D eigenvalue weighted by atomic mass is 16.2. The molecule has 1 unspecified atom stereocenters. The topological polar surface area (TPSA) is 46.3 Å². The van der Waals surface area contributed by atoms with Crippen molar-refractivity contribution in [3.05, 3.63) is 19.6 Å². The van der Waals surface area contributed by atoms with Gasteiger partial charge >= 0.3 is 7.46 Å². The average Bonchev–Trinajstić information content (AvgIpc) is 1.86. The van der Waals surface area contributed by atoms with Gasteiger partial charge in [-0.05, 0) is 12.8 Å². The van der Waals surface area contributed by atoms with E-state index in [1.54, 1.807) is 6.08 Å². The van der Waals surface area contributed by atoms with Crippen LogP contribution in [-0.4, -0.2) is 24.0 Å². The Morgan fingerprint density at radius 2 is 2.45 bits per heavy atom. The molecule has 0 aliphatic rings. The summed E-state index contributed by atoms with van der Waals surface area (Å²) in [6.45, 7) is 10.3. The normalized spacial score (nSPS) is 9.73. The summed E-state index contributed by atoms with van der Waals surface area (Å²) in [5.74, 6) is 0.197. The zero-order valence-electron chi connectivity index (χ0n) is 7.92. The Labute approximate surface area is 69.4 Å². The summed E-state index contributed by atoms with van der Waals surface area (Å²) in [6.07, 6.45) is 1.65. The van der Waals surface area contributed by atoms with Crippen molar-refractivity contribution in [2.45, 2.75) is 6.92 Å².